The molecule has 1 aliphatic rings. The van der Waals surface area contributed by atoms with Gasteiger partial charge in [0.1, 0.15) is 0 Å². The van der Waals surface area contributed by atoms with Crippen LogP contribution in [0.1, 0.15) is 40.4 Å². The maximum atomic E-state index is 12.6. The molecule has 134 valence electrons. The van der Waals surface area contributed by atoms with Gasteiger partial charge in [0.15, 0.2) is 11.5 Å². The third-order valence-electron chi connectivity index (χ3n) is 4.43. The highest BCUT2D eigenvalue weighted by atomic mass is 35.5. The first kappa shape index (κ1) is 18.9. The molecule has 6 heteroatoms. The molecule has 0 saturated carbocycles. The van der Waals surface area contributed by atoms with Gasteiger partial charge in [-0.15, -0.1) is 12.4 Å². The fraction of sp³-hybridized carbons (Fsp3) is 0.316. The number of hydrogen-bond acceptors (Lipinski definition) is 4. The number of halogens is 1. The number of ether oxygens (including phenoxy) is 2. The summed E-state index contributed by atoms with van der Waals surface area (Å²) < 4.78 is 10.5. The molecule has 5 nitrogen and oxygen atoms in total. The number of nitrogen functional groups attached to an aromatic ring is 1. The number of hydrogen-bond donors (Lipinski definition) is 2. The molecular formula is C19H23ClN2O3. The molecule has 3 rings (SSSR count). The van der Waals surface area contributed by atoms with Gasteiger partial charge in [0.05, 0.1) is 20.3 Å². The molecule has 1 atom stereocenters. The molecule has 0 spiro atoms. The van der Waals surface area contributed by atoms with Gasteiger partial charge in [0.25, 0.3) is 5.91 Å². The predicted octanol–water partition coefficient (Wildman–Crippen LogP) is 3.52. The van der Waals surface area contributed by atoms with Crippen LogP contribution in [-0.2, 0) is 6.42 Å². The molecule has 0 heterocycles. The standard InChI is InChI=1S/C19H22N2O3.ClH/c1-23-17-9-6-13(11-18(17)24-2)19(22)21-16-5-3-4-12-10-14(20)7-8-15(12)16;/h6-11,16H,3-5,20H2,1-2H3,(H,21,22);1H. The Hall–Kier alpha value is -2.40. The Bertz CT molecular complexity index is 764. The number of amides is 1. The van der Waals surface area contributed by atoms with Crippen LogP contribution in [0.15, 0.2) is 36.4 Å². The molecule has 1 amide bonds. The molecule has 3 N–H and O–H groups in total. The minimum Gasteiger partial charge on any atom is -0.493 e. The van der Waals surface area contributed by atoms with Crippen LogP contribution in [0.3, 0.4) is 0 Å². The maximum absolute atomic E-state index is 12.6. The molecule has 25 heavy (non-hydrogen) atoms. The van der Waals surface area contributed by atoms with Crippen molar-refractivity contribution in [2.75, 3.05) is 20.0 Å². The number of fused-ring (bicyclic) bond motifs is 1. The quantitative estimate of drug-likeness (QED) is 0.816. The van der Waals surface area contributed by atoms with Crippen LogP contribution in [0.25, 0.3) is 0 Å². The second-order valence-corrected chi connectivity index (χ2v) is 5.95. The van der Waals surface area contributed by atoms with E-state index in [4.69, 9.17) is 15.2 Å². The summed E-state index contributed by atoms with van der Waals surface area (Å²) in [4.78, 5) is 12.6. The van der Waals surface area contributed by atoms with E-state index in [-0.39, 0.29) is 24.4 Å². The Morgan fingerprint density at radius 3 is 2.60 bits per heavy atom. The number of rotatable bonds is 4. The molecule has 2 aromatic carbocycles. The van der Waals surface area contributed by atoms with Crippen LogP contribution in [0.5, 0.6) is 11.5 Å². The van der Waals surface area contributed by atoms with Crippen molar-refractivity contribution in [3.8, 4) is 11.5 Å². The largest absolute Gasteiger partial charge is 0.493 e. The minimum atomic E-state index is -0.120. The number of nitrogens with one attached hydrogen (secondary N) is 1. The van der Waals surface area contributed by atoms with Gasteiger partial charge in [0.2, 0.25) is 0 Å². The van der Waals surface area contributed by atoms with Gasteiger partial charge in [-0.2, -0.15) is 0 Å². The summed E-state index contributed by atoms with van der Waals surface area (Å²) in [5, 5.41) is 3.12. The lowest BCUT2D eigenvalue weighted by molar-refractivity contribution is 0.0932. The number of nitrogens with two attached hydrogens (primary N) is 1. The van der Waals surface area contributed by atoms with Crippen molar-refractivity contribution in [2.24, 2.45) is 0 Å². The predicted molar refractivity (Wildman–Crippen MR) is 101 cm³/mol. The van der Waals surface area contributed by atoms with Crippen molar-refractivity contribution in [1.82, 2.24) is 5.32 Å². The average Bonchev–Trinajstić information content (AvgIpc) is 2.60. The lowest BCUT2D eigenvalue weighted by Gasteiger charge is -2.26. The number of carbonyl (C=O) groups is 1. The van der Waals surface area contributed by atoms with Crippen molar-refractivity contribution >= 4 is 24.0 Å². The zero-order valence-electron chi connectivity index (χ0n) is 14.4. The number of methoxy groups -OCH3 is 2. The molecule has 0 bridgehead atoms. The van der Waals surface area contributed by atoms with E-state index in [0.717, 1.165) is 30.5 Å². The van der Waals surface area contributed by atoms with Crippen LogP contribution in [0.2, 0.25) is 0 Å². The van der Waals surface area contributed by atoms with E-state index in [1.807, 2.05) is 18.2 Å². The number of anilines is 1. The van der Waals surface area contributed by atoms with E-state index >= 15 is 0 Å². The van der Waals surface area contributed by atoms with Gasteiger partial charge >= 0.3 is 0 Å². The van der Waals surface area contributed by atoms with Gasteiger partial charge in [-0.3, -0.25) is 4.79 Å². The fourth-order valence-corrected chi connectivity index (χ4v) is 3.20. The lowest BCUT2D eigenvalue weighted by Crippen LogP contribution is -2.31. The second kappa shape index (κ2) is 8.12. The van der Waals surface area contributed by atoms with Crippen LogP contribution < -0.4 is 20.5 Å². The van der Waals surface area contributed by atoms with E-state index in [1.54, 1.807) is 32.4 Å². The molecule has 0 saturated heterocycles. The Morgan fingerprint density at radius 1 is 1.12 bits per heavy atom. The molecular weight excluding hydrogens is 340 g/mol. The van der Waals surface area contributed by atoms with Crippen molar-refractivity contribution in [3.63, 3.8) is 0 Å². The van der Waals surface area contributed by atoms with E-state index in [2.05, 4.69) is 5.32 Å². The van der Waals surface area contributed by atoms with Crippen LogP contribution in [-0.4, -0.2) is 20.1 Å². The SMILES string of the molecule is COc1ccc(C(=O)NC2CCCc3cc(N)ccc32)cc1OC.Cl. The second-order valence-electron chi connectivity index (χ2n) is 5.95. The lowest BCUT2D eigenvalue weighted by atomic mass is 9.87. The first-order valence-corrected chi connectivity index (χ1v) is 8.03. The molecule has 1 unspecified atom stereocenters. The summed E-state index contributed by atoms with van der Waals surface area (Å²) >= 11 is 0. The van der Waals surface area contributed by atoms with Gasteiger partial charge in [-0.25, -0.2) is 0 Å². The van der Waals surface area contributed by atoms with Crippen LogP contribution >= 0.6 is 12.4 Å². The first-order chi connectivity index (χ1) is 11.6. The first-order valence-electron chi connectivity index (χ1n) is 8.03. The Labute approximate surface area is 153 Å². The fourth-order valence-electron chi connectivity index (χ4n) is 3.20. The van der Waals surface area contributed by atoms with Gasteiger partial charge < -0.3 is 20.5 Å². The minimum absolute atomic E-state index is 0. The van der Waals surface area contributed by atoms with Crippen molar-refractivity contribution < 1.29 is 14.3 Å². The van der Waals surface area contributed by atoms with E-state index in [0.29, 0.717) is 17.1 Å². The zero-order valence-corrected chi connectivity index (χ0v) is 15.2. The van der Waals surface area contributed by atoms with Crippen molar-refractivity contribution in [2.45, 2.75) is 25.3 Å². The summed E-state index contributed by atoms with van der Waals surface area (Å²) in [5.74, 6) is 1.03. The number of benzene rings is 2. The van der Waals surface area contributed by atoms with Crippen LogP contribution in [0.4, 0.5) is 5.69 Å². The Kier molecular flexibility index (Phi) is 6.15. The molecule has 0 radical (unpaired) electrons. The average molecular weight is 363 g/mol. The monoisotopic (exact) mass is 362 g/mol. The third-order valence-corrected chi connectivity index (χ3v) is 4.43. The van der Waals surface area contributed by atoms with Gasteiger partial charge in [0, 0.05) is 11.3 Å². The zero-order chi connectivity index (χ0) is 17.1. The van der Waals surface area contributed by atoms with E-state index < -0.39 is 0 Å². The normalized spacial score (nSPS) is 15.5. The Morgan fingerprint density at radius 2 is 1.88 bits per heavy atom. The highest BCUT2D eigenvalue weighted by molar-refractivity contribution is 5.95. The highest BCUT2D eigenvalue weighted by Gasteiger charge is 2.22. The molecule has 0 fully saturated rings. The topological polar surface area (TPSA) is 73.6 Å². The van der Waals surface area contributed by atoms with Crippen LogP contribution in [0, 0.1) is 0 Å². The summed E-state index contributed by atoms with van der Waals surface area (Å²) in [6, 6.07) is 11.1. The van der Waals surface area contributed by atoms with E-state index in [1.165, 1.54) is 5.56 Å². The van der Waals surface area contributed by atoms with Crippen molar-refractivity contribution in [3.05, 3.63) is 53.1 Å². The molecule has 1 aliphatic carbocycles. The van der Waals surface area contributed by atoms with Gasteiger partial charge in [-0.1, -0.05) is 6.07 Å². The smallest absolute Gasteiger partial charge is 0.251 e. The third kappa shape index (κ3) is 3.99. The maximum Gasteiger partial charge on any atom is 0.251 e. The van der Waals surface area contributed by atoms with Crippen molar-refractivity contribution in [1.29, 1.82) is 0 Å². The molecule has 0 aromatic heterocycles. The molecule has 0 aliphatic heterocycles. The van der Waals surface area contributed by atoms with E-state index in [9.17, 15) is 4.79 Å². The summed E-state index contributed by atoms with van der Waals surface area (Å²) in [6.07, 6.45) is 2.96. The summed E-state index contributed by atoms with van der Waals surface area (Å²) in [6.45, 7) is 0. The highest BCUT2D eigenvalue weighted by Crippen LogP contribution is 2.32. The summed E-state index contributed by atoms with van der Waals surface area (Å²) in [7, 11) is 3.13. The Balaban J connectivity index is 0.00000225. The number of aryl methyl sites for hydroxylation is 1. The van der Waals surface area contributed by atoms with Gasteiger partial charge in [-0.05, 0) is 60.7 Å². The molecule has 2 aromatic rings. The number of carbonyl (C=O) groups excluding carboxylic acids is 1. The summed E-state index contributed by atoms with van der Waals surface area (Å²) in [5.41, 5.74) is 9.56.